The lowest BCUT2D eigenvalue weighted by atomic mass is 10.3. The van der Waals surface area contributed by atoms with Crippen LogP contribution >= 0.6 is 27.3 Å². The Balaban J connectivity index is 2.33. The van der Waals surface area contributed by atoms with Crippen molar-refractivity contribution in [2.75, 3.05) is 13.6 Å². The van der Waals surface area contributed by atoms with Crippen molar-refractivity contribution in [1.29, 1.82) is 0 Å². The summed E-state index contributed by atoms with van der Waals surface area (Å²) in [6.45, 7) is 1.40. The number of aliphatic carboxylic acids is 1. The van der Waals surface area contributed by atoms with E-state index in [1.807, 2.05) is 17.3 Å². The van der Waals surface area contributed by atoms with E-state index in [1.165, 1.54) is 4.88 Å². The van der Waals surface area contributed by atoms with Crippen molar-refractivity contribution >= 4 is 33.2 Å². The smallest absolute Gasteiger partial charge is 0.304 e. The van der Waals surface area contributed by atoms with Crippen LogP contribution < -0.4 is 0 Å². The maximum atomic E-state index is 10.3. The number of hydrogen-bond donors (Lipinski definition) is 1. The average molecular weight is 278 g/mol. The van der Waals surface area contributed by atoms with Crippen LogP contribution in [0.1, 0.15) is 11.3 Å². The highest BCUT2D eigenvalue weighted by Gasteiger charge is 2.04. The molecule has 0 radical (unpaired) electrons. The Hall–Kier alpha value is -0.390. The molecule has 0 atom stereocenters. The molecule has 0 spiro atoms. The molecule has 1 rings (SSSR count). The quantitative estimate of drug-likeness (QED) is 0.899. The summed E-state index contributed by atoms with van der Waals surface area (Å²) in [6, 6.07) is 2.06. The van der Waals surface area contributed by atoms with Crippen LogP contribution in [0.4, 0.5) is 0 Å². The van der Waals surface area contributed by atoms with Gasteiger partial charge < -0.3 is 10.0 Å². The number of halogens is 1. The third-order valence-corrected chi connectivity index (χ3v) is 3.44. The van der Waals surface area contributed by atoms with Gasteiger partial charge in [0.2, 0.25) is 0 Å². The monoisotopic (exact) mass is 277 g/mol. The van der Waals surface area contributed by atoms with Crippen molar-refractivity contribution in [3.8, 4) is 0 Å². The molecule has 0 fully saturated rings. The molecule has 0 bridgehead atoms. The van der Waals surface area contributed by atoms with E-state index >= 15 is 0 Å². The van der Waals surface area contributed by atoms with Gasteiger partial charge in [0.25, 0.3) is 0 Å². The number of nitrogens with zero attached hydrogens (tertiary/aromatic N) is 1. The number of thiophene rings is 1. The topological polar surface area (TPSA) is 40.5 Å². The van der Waals surface area contributed by atoms with E-state index in [9.17, 15) is 4.79 Å². The fourth-order valence-electron chi connectivity index (χ4n) is 1.07. The van der Waals surface area contributed by atoms with Crippen LogP contribution in [0, 0.1) is 0 Å². The Labute approximate surface area is 95.5 Å². The van der Waals surface area contributed by atoms with Gasteiger partial charge in [0.15, 0.2) is 0 Å². The van der Waals surface area contributed by atoms with Crippen molar-refractivity contribution in [1.82, 2.24) is 4.90 Å². The lowest BCUT2D eigenvalue weighted by Gasteiger charge is -2.13. The molecule has 0 aromatic carbocycles. The Kier molecular flexibility index (Phi) is 4.57. The second kappa shape index (κ2) is 5.48. The normalized spacial score (nSPS) is 10.8. The molecule has 0 saturated carbocycles. The first-order chi connectivity index (χ1) is 6.58. The van der Waals surface area contributed by atoms with Crippen molar-refractivity contribution in [3.05, 3.63) is 20.8 Å². The highest BCUT2D eigenvalue weighted by atomic mass is 79.9. The predicted octanol–water partition coefficient (Wildman–Crippen LogP) is 2.42. The van der Waals surface area contributed by atoms with Crippen molar-refractivity contribution in [2.45, 2.75) is 13.0 Å². The molecule has 5 heteroatoms. The molecule has 3 nitrogen and oxygen atoms in total. The maximum Gasteiger partial charge on any atom is 0.304 e. The van der Waals surface area contributed by atoms with E-state index in [2.05, 4.69) is 22.0 Å². The molecular weight excluding hydrogens is 266 g/mol. The molecule has 1 heterocycles. The summed E-state index contributed by atoms with van der Waals surface area (Å²) in [5, 5.41) is 10.5. The molecule has 1 aromatic heterocycles. The highest BCUT2D eigenvalue weighted by molar-refractivity contribution is 9.10. The third-order valence-electron chi connectivity index (χ3n) is 1.75. The summed E-state index contributed by atoms with van der Waals surface area (Å²) in [5.41, 5.74) is 0. The summed E-state index contributed by atoms with van der Waals surface area (Å²) in [7, 11) is 1.93. The summed E-state index contributed by atoms with van der Waals surface area (Å²) in [4.78, 5) is 13.6. The SMILES string of the molecule is CN(CCC(=O)O)Cc1cc(Br)cs1. The fraction of sp³-hybridized carbons (Fsp3) is 0.444. The van der Waals surface area contributed by atoms with Crippen LogP contribution in [0.5, 0.6) is 0 Å². The summed E-state index contributed by atoms with van der Waals surface area (Å²) in [6.07, 6.45) is 0.197. The average Bonchev–Trinajstić information content (AvgIpc) is 2.48. The van der Waals surface area contributed by atoms with Crippen LogP contribution in [-0.4, -0.2) is 29.6 Å². The van der Waals surface area contributed by atoms with Crippen LogP contribution in [-0.2, 0) is 11.3 Å². The fourth-order valence-corrected chi connectivity index (χ4v) is 2.60. The minimum absolute atomic E-state index is 0.197. The van der Waals surface area contributed by atoms with E-state index < -0.39 is 5.97 Å². The maximum absolute atomic E-state index is 10.3. The van der Waals surface area contributed by atoms with Crippen LogP contribution in [0.15, 0.2) is 15.9 Å². The molecule has 1 aromatic rings. The predicted molar refractivity (Wildman–Crippen MR) is 60.6 cm³/mol. The zero-order valence-electron chi connectivity index (χ0n) is 7.86. The van der Waals surface area contributed by atoms with Gasteiger partial charge in [0.1, 0.15) is 0 Å². The molecular formula is C9H12BrNO2S. The molecule has 0 aliphatic carbocycles. The summed E-state index contributed by atoms with van der Waals surface area (Å²) >= 11 is 5.06. The van der Waals surface area contributed by atoms with Crippen LogP contribution in [0.25, 0.3) is 0 Å². The minimum atomic E-state index is -0.746. The molecule has 0 aliphatic rings. The minimum Gasteiger partial charge on any atom is -0.481 e. The second-order valence-electron chi connectivity index (χ2n) is 3.11. The number of rotatable bonds is 5. The Morgan fingerprint density at radius 1 is 1.71 bits per heavy atom. The van der Waals surface area contributed by atoms with Gasteiger partial charge in [-0.3, -0.25) is 4.79 Å². The van der Waals surface area contributed by atoms with Crippen molar-refractivity contribution < 1.29 is 9.90 Å². The highest BCUT2D eigenvalue weighted by Crippen LogP contribution is 2.20. The van der Waals surface area contributed by atoms with Crippen molar-refractivity contribution in [2.24, 2.45) is 0 Å². The molecule has 0 unspecified atom stereocenters. The van der Waals surface area contributed by atoms with Gasteiger partial charge in [0.05, 0.1) is 6.42 Å². The number of carboxylic acid groups (broad SMARTS) is 1. The van der Waals surface area contributed by atoms with Gasteiger partial charge in [-0.1, -0.05) is 0 Å². The number of carboxylic acids is 1. The lowest BCUT2D eigenvalue weighted by molar-refractivity contribution is -0.137. The van der Waals surface area contributed by atoms with Gasteiger partial charge in [-0.15, -0.1) is 11.3 Å². The summed E-state index contributed by atoms with van der Waals surface area (Å²) in [5.74, 6) is -0.746. The molecule has 0 aliphatic heterocycles. The Morgan fingerprint density at radius 2 is 2.43 bits per heavy atom. The van der Waals surface area contributed by atoms with Gasteiger partial charge in [0, 0.05) is 27.8 Å². The molecule has 78 valence electrons. The second-order valence-corrected chi connectivity index (χ2v) is 5.02. The van der Waals surface area contributed by atoms with E-state index in [1.54, 1.807) is 11.3 Å². The first kappa shape index (κ1) is 11.7. The van der Waals surface area contributed by atoms with E-state index in [0.717, 1.165) is 11.0 Å². The van der Waals surface area contributed by atoms with E-state index in [4.69, 9.17) is 5.11 Å². The lowest BCUT2D eigenvalue weighted by Crippen LogP contribution is -2.20. The first-order valence-corrected chi connectivity index (χ1v) is 5.88. The Bertz CT molecular complexity index is 314. The number of carbonyl (C=O) groups is 1. The standard InChI is InChI=1S/C9H12BrNO2S/c1-11(3-2-9(12)13)5-8-4-7(10)6-14-8/h4,6H,2-3,5H2,1H3,(H,12,13). The Morgan fingerprint density at radius 3 is 2.93 bits per heavy atom. The van der Waals surface area contributed by atoms with Crippen molar-refractivity contribution in [3.63, 3.8) is 0 Å². The van der Waals surface area contributed by atoms with Gasteiger partial charge in [-0.2, -0.15) is 0 Å². The zero-order valence-corrected chi connectivity index (χ0v) is 10.3. The molecule has 0 saturated heterocycles. The largest absolute Gasteiger partial charge is 0.481 e. The van der Waals surface area contributed by atoms with E-state index in [0.29, 0.717) is 6.54 Å². The zero-order chi connectivity index (χ0) is 10.6. The van der Waals surface area contributed by atoms with E-state index in [-0.39, 0.29) is 6.42 Å². The molecule has 14 heavy (non-hydrogen) atoms. The molecule has 1 N–H and O–H groups in total. The third kappa shape index (κ3) is 4.21. The van der Waals surface area contributed by atoms with Gasteiger partial charge >= 0.3 is 5.97 Å². The summed E-state index contributed by atoms with van der Waals surface area (Å²) < 4.78 is 1.09. The van der Waals surface area contributed by atoms with Crippen LogP contribution in [0.2, 0.25) is 0 Å². The van der Waals surface area contributed by atoms with Gasteiger partial charge in [-0.25, -0.2) is 0 Å². The molecule has 0 amide bonds. The van der Waals surface area contributed by atoms with Crippen LogP contribution in [0.3, 0.4) is 0 Å². The number of hydrogen-bond acceptors (Lipinski definition) is 3. The van der Waals surface area contributed by atoms with Gasteiger partial charge in [-0.05, 0) is 29.0 Å². The first-order valence-electron chi connectivity index (χ1n) is 4.21.